The van der Waals surface area contributed by atoms with Crippen molar-refractivity contribution in [3.8, 4) is 0 Å². The van der Waals surface area contributed by atoms with Gasteiger partial charge in [0.15, 0.2) is 0 Å². The molecule has 0 atom stereocenters. The molecule has 1 aromatic heterocycles. The normalized spacial score (nSPS) is 10.8. The number of carbonyl (C=O) groups is 2. The number of rotatable bonds is 6. The van der Waals surface area contributed by atoms with Crippen molar-refractivity contribution in [3.05, 3.63) is 93.3 Å². The van der Waals surface area contributed by atoms with Crippen LogP contribution in [0.5, 0.6) is 0 Å². The summed E-state index contributed by atoms with van der Waals surface area (Å²) >= 11 is 9.51. The standard InChI is InChI=1S/C25H20ClNO3S2/c1-15-7-12-18-21(13-15)32-23(22(18)26)24(28)27-19-5-3-4-6-20(19)31-14-16-8-10-17(11-9-16)25(29)30-2/h3-13H,14H2,1-2H3,(H,27,28). The summed E-state index contributed by atoms with van der Waals surface area (Å²) in [4.78, 5) is 26.1. The molecule has 0 unspecified atom stereocenters. The highest BCUT2D eigenvalue weighted by Crippen LogP contribution is 2.37. The van der Waals surface area contributed by atoms with Crippen molar-refractivity contribution < 1.29 is 14.3 Å². The van der Waals surface area contributed by atoms with E-state index in [-0.39, 0.29) is 11.9 Å². The first-order valence-electron chi connectivity index (χ1n) is 9.85. The number of anilines is 1. The summed E-state index contributed by atoms with van der Waals surface area (Å²) in [5.41, 5.74) is 3.44. The lowest BCUT2D eigenvalue weighted by Crippen LogP contribution is -2.11. The first-order chi connectivity index (χ1) is 15.5. The minimum atomic E-state index is -0.354. The average Bonchev–Trinajstić information content (AvgIpc) is 3.14. The Kier molecular flexibility index (Phi) is 6.84. The van der Waals surface area contributed by atoms with E-state index >= 15 is 0 Å². The van der Waals surface area contributed by atoms with Gasteiger partial charge in [-0.1, -0.05) is 48.0 Å². The van der Waals surface area contributed by atoms with Crippen molar-refractivity contribution in [2.75, 3.05) is 12.4 Å². The van der Waals surface area contributed by atoms with Crippen LogP contribution < -0.4 is 5.32 Å². The van der Waals surface area contributed by atoms with E-state index in [9.17, 15) is 9.59 Å². The van der Waals surface area contributed by atoms with Crippen molar-refractivity contribution in [2.24, 2.45) is 0 Å². The number of fused-ring (bicyclic) bond motifs is 1. The van der Waals surface area contributed by atoms with Gasteiger partial charge in [0, 0.05) is 20.7 Å². The highest BCUT2D eigenvalue weighted by molar-refractivity contribution is 7.98. The molecule has 1 N–H and O–H groups in total. The highest BCUT2D eigenvalue weighted by Gasteiger charge is 2.18. The van der Waals surface area contributed by atoms with Gasteiger partial charge < -0.3 is 10.1 Å². The average molecular weight is 482 g/mol. The Morgan fingerprint density at radius 1 is 1.06 bits per heavy atom. The minimum Gasteiger partial charge on any atom is -0.465 e. The third kappa shape index (κ3) is 4.83. The van der Waals surface area contributed by atoms with E-state index in [4.69, 9.17) is 16.3 Å². The Morgan fingerprint density at radius 3 is 2.56 bits per heavy atom. The molecule has 4 rings (SSSR count). The van der Waals surface area contributed by atoms with Crippen LogP contribution in [0.15, 0.2) is 71.6 Å². The van der Waals surface area contributed by atoms with Gasteiger partial charge in [0.2, 0.25) is 0 Å². The maximum atomic E-state index is 13.0. The summed E-state index contributed by atoms with van der Waals surface area (Å²) in [7, 11) is 1.37. The second-order valence-electron chi connectivity index (χ2n) is 7.17. The number of esters is 1. The maximum absolute atomic E-state index is 13.0. The summed E-state index contributed by atoms with van der Waals surface area (Å²) in [5.74, 6) is 0.119. The lowest BCUT2D eigenvalue weighted by atomic mass is 10.1. The molecule has 4 nitrogen and oxygen atoms in total. The largest absolute Gasteiger partial charge is 0.465 e. The van der Waals surface area contributed by atoms with Crippen LogP contribution in [0.2, 0.25) is 5.02 Å². The quantitative estimate of drug-likeness (QED) is 0.234. The lowest BCUT2D eigenvalue weighted by Gasteiger charge is -2.10. The summed E-state index contributed by atoms with van der Waals surface area (Å²) in [6.45, 7) is 2.02. The molecule has 7 heteroatoms. The van der Waals surface area contributed by atoms with Crippen molar-refractivity contribution in [1.29, 1.82) is 0 Å². The van der Waals surface area contributed by atoms with E-state index in [1.807, 2.05) is 61.5 Å². The Balaban J connectivity index is 1.49. The molecule has 0 saturated carbocycles. The molecular weight excluding hydrogens is 462 g/mol. The van der Waals surface area contributed by atoms with E-state index in [0.29, 0.717) is 21.2 Å². The number of hydrogen-bond acceptors (Lipinski definition) is 5. The van der Waals surface area contributed by atoms with Gasteiger partial charge in [-0.25, -0.2) is 4.79 Å². The summed E-state index contributed by atoms with van der Waals surface area (Å²) in [5, 5.41) is 4.39. The second-order valence-corrected chi connectivity index (χ2v) is 9.62. The molecule has 0 fully saturated rings. The maximum Gasteiger partial charge on any atom is 0.337 e. The SMILES string of the molecule is COC(=O)c1ccc(CSc2ccccc2NC(=O)c2sc3cc(C)ccc3c2Cl)cc1. The molecule has 4 aromatic rings. The van der Waals surface area contributed by atoms with Crippen LogP contribution >= 0.6 is 34.7 Å². The molecule has 0 saturated heterocycles. The fraction of sp³-hybridized carbons (Fsp3) is 0.120. The number of methoxy groups -OCH3 is 1. The number of halogens is 1. The van der Waals surface area contributed by atoms with Crippen LogP contribution in [0.1, 0.15) is 31.2 Å². The van der Waals surface area contributed by atoms with Crippen molar-refractivity contribution in [1.82, 2.24) is 0 Å². The smallest absolute Gasteiger partial charge is 0.337 e. The molecule has 3 aromatic carbocycles. The third-order valence-electron chi connectivity index (χ3n) is 4.90. The minimum absolute atomic E-state index is 0.218. The summed E-state index contributed by atoms with van der Waals surface area (Å²) in [6, 6.07) is 21.0. The Labute approximate surface area is 199 Å². The van der Waals surface area contributed by atoms with E-state index in [2.05, 4.69) is 5.32 Å². The van der Waals surface area contributed by atoms with Crippen molar-refractivity contribution >= 4 is 62.3 Å². The zero-order valence-electron chi connectivity index (χ0n) is 17.5. The number of thiophene rings is 1. The van der Waals surface area contributed by atoms with E-state index < -0.39 is 0 Å². The Hall–Kier alpha value is -2.80. The first-order valence-corrected chi connectivity index (χ1v) is 12.0. The molecule has 0 aliphatic heterocycles. The molecule has 0 radical (unpaired) electrons. The van der Waals surface area contributed by atoms with Crippen LogP contribution in [0.3, 0.4) is 0 Å². The molecule has 32 heavy (non-hydrogen) atoms. The van der Waals surface area contributed by atoms with Gasteiger partial charge in [0.05, 0.1) is 23.4 Å². The van der Waals surface area contributed by atoms with Crippen LogP contribution in [0.4, 0.5) is 5.69 Å². The monoisotopic (exact) mass is 481 g/mol. The number of hydrogen-bond donors (Lipinski definition) is 1. The van der Waals surface area contributed by atoms with Crippen molar-refractivity contribution in [3.63, 3.8) is 0 Å². The van der Waals surface area contributed by atoms with Gasteiger partial charge in [0.25, 0.3) is 5.91 Å². The molecule has 0 aliphatic carbocycles. The predicted molar refractivity (Wildman–Crippen MR) is 133 cm³/mol. The number of nitrogens with one attached hydrogen (secondary N) is 1. The first kappa shape index (κ1) is 22.4. The number of para-hydroxylation sites is 1. The van der Waals surface area contributed by atoms with Gasteiger partial charge in [-0.2, -0.15) is 0 Å². The Morgan fingerprint density at radius 2 is 1.81 bits per heavy atom. The van der Waals surface area contributed by atoms with Gasteiger partial charge in [0.1, 0.15) is 4.88 Å². The van der Waals surface area contributed by atoms with Crippen LogP contribution in [-0.4, -0.2) is 19.0 Å². The molecular formula is C25H20ClNO3S2. The lowest BCUT2D eigenvalue weighted by molar-refractivity contribution is 0.0600. The van der Waals surface area contributed by atoms with E-state index in [0.717, 1.165) is 31.8 Å². The van der Waals surface area contributed by atoms with E-state index in [1.165, 1.54) is 18.4 Å². The number of carbonyl (C=O) groups excluding carboxylic acids is 2. The molecule has 0 spiro atoms. The van der Waals surface area contributed by atoms with Crippen molar-refractivity contribution in [2.45, 2.75) is 17.6 Å². The van der Waals surface area contributed by atoms with Gasteiger partial charge >= 0.3 is 5.97 Å². The molecule has 0 bridgehead atoms. The fourth-order valence-corrected chi connectivity index (χ4v) is 5.68. The number of thioether (sulfide) groups is 1. The van der Waals surface area contributed by atoms with Crippen LogP contribution in [0.25, 0.3) is 10.1 Å². The van der Waals surface area contributed by atoms with E-state index in [1.54, 1.807) is 23.9 Å². The zero-order valence-corrected chi connectivity index (χ0v) is 19.9. The second kappa shape index (κ2) is 9.77. The number of aryl methyl sites for hydroxylation is 1. The molecule has 0 aliphatic rings. The van der Waals surface area contributed by atoms with Crippen LogP contribution in [-0.2, 0) is 10.5 Å². The summed E-state index contributed by atoms with van der Waals surface area (Å²) < 4.78 is 5.73. The van der Waals surface area contributed by atoms with Crippen LogP contribution in [0, 0.1) is 6.92 Å². The molecule has 1 heterocycles. The predicted octanol–water partition coefficient (Wildman–Crippen LogP) is 7.19. The number of benzene rings is 3. The number of amides is 1. The fourth-order valence-electron chi connectivity index (χ4n) is 3.21. The topological polar surface area (TPSA) is 55.4 Å². The van der Waals surface area contributed by atoms with Gasteiger partial charge in [-0.05, 0) is 48.4 Å². The van der Waals surface area contributed by atoms with Gasteiger partial charge in [-0.15, -0.1) is 23.1 Å². The number of ether oxygens (including phenoxy) is 1. The zero-order chi connectivity index (χ0) is 22.7. The highest BCUT2D eigenvalue weighted by atomic mass is 35.5. The molecule has 162 valence electrons. The van der Waals surface area contributed by atoms with Gasteiger partial charge in [-0.3, -0.25) is 4.79 Å². The summed E-state index contributed by atoms with van der Waals surface area (Å²) in [6.07, 6.45) is 0. The Bertz CT molecular complexity index is 1300. The third-order valence-corrected chi connectivity index (χ3v) is 7.70. The molecule has 1 amide bonds.